The van der Waals surface area contributed by atoms with Gasteiger partial charge in [0.15, 0.2) is 0 Å². The molecule has 0 radical (unpaired) electrons. The van der Waals surface area contributed by atoms with E-state index in [-0.39, 0.29) is 17.6 Å². The van der Waals surface area contributed by atoms with Crippen LogP contribution in [0.3, 0.4) is 0 Å². The Kier molecular flexibility index (Phi) is 6.24. The van der Waals surface area contributed by atoms with Crippen LogP contribution in [0.25, 0.3) is 0 Å². The van der Waals surface area contributed by atoms with E-state index in [1.165, 1.54) is 4.31 Å². The maximum Gasteiger partial charge on any atom is 0.254 e. The number of ether oxygens (including phenoxy) is 1. The van der Waals surface area contributed by atoms with E-state index in [0.29, 0.717) is 62.6 Å². The molecule has 2 saturated heterocycles. The predicted molar refractivity (Wildman–Crippen MR) is 117 cm³/mol. The topological polar surface area (TPSA) is 96.0 Å². The van der Waals surface area contributed by atoms with Gasteiger partial charge < -0.3 is 15.0 Å². The van der Waals surface area contributed by atoms with Crippen LogP contribution < -0.4 is 9.62 Å². The molecule has 2 aliphatic rings. The van der Waals surface area contributed by atoms with Crippen molar-refractivity contribution in [3.05, 3.63) is 65.2 Å². The summed E-state index contributed by atoms with van der Waals surface area (Å²) in [7, 11) is -3.24. The predicted octanol–water partition coefficient (Wildman–Crippen LogP) is 1.63. The second-order valence-electron chi connectivity index (χ2n) is 7.57. The summed E-state index contributed by atoms with van der Waals surface area (Å²) in [6.07, 6.45) is 0.613. The number of benzene rings is 2. The SMILES string of the molecule is O=C(NCc1ccc(C(=O)N2CCOCC2)cc1)c1ccc(N2CCCS2(=O)=O)cc1. The van der Waals surface area contributed by atoms with Gasteiger partial charge in [0, 0.05) is 37.3 Å². The molecule has 2 heterocycles. The van der Waals surface area contributed by atoms with Crippen LogP contribution in [-0.2, 0) is 21.3 Å². The van der Waals surface area contributed by atoms with Gasteiger partial charge in [-0.1, -0.05) is 12.1 Å². The maximum atomic E-state index is 12.5. The minimum atomic E-state index is -3.24. The number of rotatable bonds is 5. The van der Waals surface area contributed by atoms with Gasteiger partial charge in [-0.15, -0.1) is 0 Å². The van der Waals surface area contributed by atoms with Gasteiger partial charge in [-0.3, -0.25) is 13.9 Å². The fraction of sp³-hybridized carbons (Fsp3) is 0.364. The molecule has 4 rings (SSSR count). The molecule has 0 atom stereocenters. The smallest absolute Gasteiger partial charge is 0.254 e. The Hall–Kier alpha value is -2.91. The van der Waals surface area contributed by atoms with Crippen molar-refractivity contribution >= 4 is 27.5 Å². The lowest BCUT2D eigenvalue weighted by Crippen LogP contribution is -2.40. The Labute approximate surface area is 181 Å². The number of nitrogens with one attached hydrogen (secondary N) is 1. The van der Waals surface area contributed by atoms with Crippen molar-refractivity contribution < 1.29 is 22.7 Å². The van der Waals surface area contributed by atoms with E-state index in [9.17, 15) is 18.0 Å². The summed E-state index contributed by atoms with van der Waals surface area (Å²) in [5, 5.41) is 2.85. The summed E-state index contributed by atoms with van der Waals surface area (Å²) >= 11 is 0. The molecule has 2 aromatic rings. The van der Waals surface area contributed by atoms with E-state index < -0.39 is 10.0 Å². The van der Waals surface area contributed by atoms with Gasteiger partial charge in [0.1, 0.15) is 0 Å². The first-order valence-electron chi connectivity index (χ1n) is 10.3. The number of anilines is 1. The molecule has 0 bridgehead atoms. The number of hydrogen-bond donors (Lipinski definition) is 1. The van der Waals surface area contributed by atoms with Crippen molar-refractivity contribution in [3.63, 3.8) is 0 Å². The zero-order valence-electron chi connectivity index (χ0n) is 17.1. The molecular formula is C22H25N3O5S. The van der Waals surface area contributed by atoms with Crippen LogP contribution in [0.1, 0.15) is 32.7 Å². The van der Waals surface area contributed by atoms with Gasteiger partial charge in [0.25, 0.3) is 11.8 Å². The van der Waals surface area contributed by atoms with Gasteiger partial charge >= 0.3 is 0 Å². The third kappa shape index (κ3) is 4.88. The molecular weight excluding hydrogens is 418 g/mol. The van der Waals surface area contributed by atoms with Crippen LogP contribution in [0.15, 0.2) is 48.5 Å². The molecule has 0 unspecified atom stereocenters. The summed E-state index contributed by atoms with van der Waals surface area (Å²) in [5.74, 6) is -0.102. The fourth-order valence-corrected chi connectivity index (χ4v) is 5.27. The third-order valence-electron chi connectivity index (χ3n) is 5.47. The summed E-state index contributed by atoms with van der Waals surface area (Å²) in [6, 6.07) is 13.8. The number of amides is 2. The lowest BCUT2D eigenvalue weighted by molar-refractivity contribution is 0.0303. The minimum absolute atomic E-state index is 0.0148. The van der Waals surface area contributed by atoms with Crippen molar-refractivity contribution in [3.8, 4) is 0 Å². The van der Waals surface area contributed by atoms with E-state index in [4.69, 9.17) is 4.74 Å². The first-order chi connectivity index (χ1) is 14.9. The van der Waals surface area contributed by atoms with E-state index in [1.807, 2.05) is 12.1 Å². The van der Waals surface area contributed by atoms with Crippen LogP contribution in [0.5, 0.6) is 0 Å². The quantitative estimate of drug-likeness (QED) is 0.758. The Balaban J connectivity index is 1.32. The first kappa shape index (κ1) is 21.3. The standard InChI is InChI=1S/C22H25N3O5S/c26-21(18-6-8-20(9-7-18)25-10-1-15-31(25,28)29)23-16-17-2-4-19(5-3-17)22(27)24-11-13-30-14-12-24/h2-9H,1,10-16H2,(H,23,26). The van der Waals surface area contributed by atoms with Crippen LogP contribution in [0.2, 0.25) is 0 Å². The zero-order chi connectivity index (χ0) is 21.8. The van der Waals surface area contributed by atoms with Crippen LogP contribution in [-0.4, -0.2) is 63.7 Å². The minimum Gasteiger partial charge on any atom is -0.378 e. The Morgan fingerprint density at radius 3 is 2.16 bits per heavy atom. The van der Waals surface area contributed by atoms with Gasteiger partial charge in [-0.05, 0) is 48.4 Å². The fourth-order valence-electron chi connectivity index (χ4n) is 3.71. The first-order valence-corrected chi connectivity index (χ1v) is 11.9. The molecule has 8 nitrogen and oxygen atoms in total. The van der Waals surface area contributed by atoms with E-state index in [0.717, 1.165) is 5.56 Å². The summed E-state index contributed by atoms with van der Waals surface area (Å²) in [5.41, 5.74) is 2.53. The molecule has 2 aliphatic heterocycles. The van der Waals surface area contributed by atoms with Gasteiger partial charge in [0.2, 0.25) is 10.0 Å². The molecule has 164 valence electrons. The average molecular weight is 444 g/mol. The summed E-state index contributed by atoms with van der Waals surface area (Å²) in [4.78, 5) is 26.7. The highest BCUT2D eigenvalue weighted by molar-refractivity contribution is 7.93. The largest absolute Gasteiger partial charge is 0.378 e. The van der Waals surface area contributed by atoms with Gasteiger partial charge in [-0.25, -0.2) is 8.42 Å². The number of carbonyl (C=O) groups is 2. The number of hydrogen-bond acceptors (Lipinski definition) is 5. The van der Waals surface area contributed by atoms with E-state index in [2.05, 4.69) is 5.32 Å². The number of nitrogens with zero attached hydrogens (tertiary/aromatic N) is 2. The third-order valence-corrected chi connectivity index (χ3v) is 7.34. The van der Waals surface area contributed by atoms with Crippen molar-refractivity contribution in [1.82, 2.24) is 10.2 Å². The highest BCUT2D eigenvalue weighted by Gasteiger charge is 2.28. The van der Waals surface area contributed by atoms with Crippen molar-refractivity contribution in [2.45, 2.75) is 13.0 Å². The number of morpholine rings is 1. The lowest BCUT2D eigenvalue weighted by atomic mass is 10.1. The molecule has 9 heteroatoms. The maximum absolute atomic E-state index is 12.5. The van der Waals surface area contributed by atoms with E-state index in [1.54, 1.807) is 41.3 Å². The van der Waals surface area contributed by atoms with Crippen molar-refractivity contribution in [1.29, 1.82) is 0 Å². The van der Waals surface area contributed by atoms with Crippen LogP contribution in [0, 0.1) is 0 Å². The molecule has 2 aromatic carbocycles. The molecule has 2 amide bonds. The number of sulfonamides is 1. The monoisotopic (exact) mass is 443 g/mol. The van der Waals surface area contributed by atoms with Crippen LogP contribution >= 0.6 is 0 Å². The Bertz CT molecular complexity index is 1050. The highest BCUT2D eigenvalue weighted by atomic mass is 32.2. The van der Waals surface area contributed by atoms with Gasteiger partial charge in [0.05, 0.1) is 24.7 Å². The molecule has 2 fully saturated rings. The molecule has 0 aromatic heterocycles. The Morgan fingerprint density at radius 2 is 1.55 bits per heavy atom. The Morgan fingerprint density at radius 1 is 0.903 bits per heavy atom. The molecule has 31 heavy (non-hydrogen) atoms. The molecule has 0 saturated carbocycles. The molecule has 0 aliphatic carbocycles. The second-order valence-corrected chi connectivity index (χ2v) is 9.59. The normalized spacial score (nSPS) is 18.1. The van der Waals surface area contributed by atoms with Crippen molar-refractivity contribution in [2.75, 3.05) is 42.9 Å². The van der Waals surface area contributed by atoms with Crippen molar-refractivity contribution in [2.24, 2.45) is 0 Å². The second kappa shape index (κ2) is 9.07. The highest BCUT2D eigenvalue weighted by Crippen LogP contribution is 2.24. The van der Waals surface area contributed by atoms with E-state index >= 15 is 0 Å². The lowest BCUT2D eigenvalue weighted by Gasteiger charge is -2.26. The molecule has 0 spiro atoms. The summed E-state index contributed by atoms with van der Waals surface area (Å²) in [6.45, 7) is 3.11. The van der Waals surface area contributed by atoms with Gasteiger partial charge in [-0.2, -0.15) is 0 Å². The molecule has 1 N–H and O–H groups in total. The number of carbonyl (C=O) groups excluding carboxylic acids is 2. The zero-order valence-corrected chi connectivity index (χ0v) is 17.9. The average Bonchev–Trinajstić information content (AvgIpc) is 3.17. The summed E-state index contributed by atoms with van der Waals surface area (Å²) < 4.78 is 30.7. The van der Waals surface area contributed by atoms with Crippen LogP contribution in [0.4, 0.5) is 5.69 Å².